The third-order valence-corrected chi connectivity index (χ3v) is 1.86. The summed E-state index contributed by atoms with van der Waals surface area (Å²) >= 11 is 0. The molecule has 0 saturated carbocycles. The van der Waals surface area contributed by atoms with E-state index in [1.165, 1.54) is 0 Å². The van der Waals surface area contributed by atoms with Gasteiger partial charge in [-0.05, 0) is 0 Å². The molecule has 1 saturated heterocycles. The highest BCUT2D eigenvalue weighted by Gasteiger charge is 2.28. The smallest absolute Gasteiger partial charge is 0.147 e. The summed E-state index contributed by atoms with van der Waals surface area (Å²) in [6.45, 7) is 1.52. The summed E-state index contributed by atoms with van der Waals surface area (Å²) in [7, 11) is 5.77. The first kappa shape index (κ1) is 8.68. The maximum absolute atomic E-state index is 5.28. The van der Waals surface area contributed by atoms with Gasteiger partial charge in [0.25, 0.3) is 0 Å². The van der Waals surface area contributed by atoms with Crippen LogP contribution in [-0.4, -0.2) is 51.3 Å². The molecule has 64 valence electrons. The lowest BCUT2D eigenvalue weighted by atomic mass is 10.1. The van der Waals surface area contributed by atoms with E-state index in [0.29, 0.717) is 5.92 Å². The third-order valence-electron chi connectivity index (χ3n) is 1.86. The van der Waals surface area contributed by atoms with Crippen molar-refractivity contribution in [3.05, 3.63) is 0 Å². The second-order valence-electron chi connectivity index (χ2n) is 3.09. The Labute approximate surface area is 67.6 Å². The average Bonchev–Trinajstić information content (AvgIpc) is 2.34. The standard InChI is InChI=1S/C8H16NO2/c1-9(2)4-7-5-11-6-8(7)10-3/h4,7-8H,5-6H2,1-3H3/q+1/t7?,8-/m1/s1. The van der Waals surface area contributed by atoms with Gasteiger partial charge in [-0.3, -0.25) is 0 Å². The van der Waals surface area contributed by atoms with E-state index >= 15 is 0 Å². The molecule has 0 N–H and O–H groups in total. The van der Waals surface area contributed by atoms with Crippen LogP contribution < -0.4 is 0 Å². The molecule has 0 aromatic heterocycles. The topological polar surface area (TPSA) is 21.5 Å². The Morgan fingerprint density at radius 2 is 2.18 bits per heavy atom. The Hall–Kier alpha value is -0.410. The molecule has 3 heteroatoms. The van der Waals surface area contributed by atoms with Gasteiger partial charge < -0.3 is 9.47 Å². The van der Waals surface area contributed by atoms with Crippen LogP contribution in [-0.2, 0) is 9.47 Å². The fraction of sp³-hybridized carbons (Fsp3) is 0.875. The van der Waals surface area contributed by atoms with Crippen LogP contribution in [0, 0.1) is 5.92 Å². The van der Waals surface area contributed by atoms with E-state index < -0.39 is 0 Å². The van der Waals surface area contributed by atoms with E-state index in [1.54, 1.807) is 7.11 Å². The van der Waals surface area contributed by atoms with Crippen molar-refractivity contribution in [1.82, 2.24) is 0 Å². The monoisotopic (exact) mass is 158 g/mol. The number of rotatable bonds is 2. The van der Waals surface area contributed by atoms with E-state index in [-0.39, 0.29) is 6.10 Å². The van der Waals surface area contributed by atoms with Crippen molar-refractivity contribution in [3.63, 3.8) is 0 Å². The molecule has 1 aliphatic rings. The van der Waals surface area contributed by atoms with E-state index in [9.17, 15) is 0 Å². The molecule has 0 spiro atoms. The lowest BCUT2D eigenvalue weighted by molar-refractivity contribution is -0.462. The van der Waals surface area contributed by atoms with Gasteiger partial charge in [-0.2, -0.15) is 0 Å². The number of ether oxygens (including phenoxy) is 2. The first-order valence-electron chi connectivity index (χ1n) is 3.86. The van der Waals surface area contributed by atoms with Crippen molar-refractivity contribution in [2.45, 2.75) is 6.10 Å². The van der Waals surface area contributed by atoms with Gasteiger partial charge in [-0.1, -0.05) is 0 Å². The summed E-state index contributed by atoms with van der Waals surface area (Å²) in [6.07, 6.45) is 2.39. The second kappa shape index (κ2) is 3.83. The fourth-order valence-corrected chi connectivity index (χ4v) is 1.32. The quantitative estimate of drug-likeness (QED) is 0.416. The van der Waals surface area contributed by atoms with Crippen LogP contribution in [0.5, 0.6) is 0 Å². The van der Waals surface area contributed by atoms with Crippen molar-refractivity contribution in [2.24, 2.45) is 5.92 Å². The third kappa shape index (κ3) is 2.27. The zero-order valence-electron chi connectivity index (χ0n) is 7.41. The van der Waals surface area contributed by atoms with Crippen molar-refractivity contribution in [3.8, 4) is 0 Å². The molecular formula is C8H16NO2+. The molecule has 11 heavy (non-hydrogen) atoms. The number of hydrogen-bond acceptors (Lipinski definition) is 2. The predicted molar refractivity (Wildman–Crippen MR) is 43.3 cm³/mol. The highest BCUT2D eigenvalue weighted by Crippen LogP contribution is 2.13. The summed E-state index contributed by atoms with van der Waals surface area (Å²) in [4.78, 5) is 0. The Kier molecular flexibility index (Phi) is 3.02. The minimum atomic E-state index is 0.248. The Balaban J connectivity index is 2.50. The Morgan fingerprint density at radius 3 is 2.73 bits per heavy atom. The maximum Gasteiger partial charge on any atom is 0.147 e. The van der Waals surface area contributed by atoms with Crippen LogP contribution in [0.15, 0.2) is 0 Å². The van der Waals surface area contributed by atoms with Gasteiger partial charge in [0.1, 0.15) is 20.3 Å². The van der Waals surface area contributed by atoms with Crippen LogP contribution >= 0.6 is 0 Å². The molecular weight excluding hydrogens is 142 g/mol. The van der Waals surface area contributed by atoms with Crippen molar-refractivity contribution in [1.29, 1.82) is 0 Å². The minimum absolute atomic E-state index is 0.248. The normalized spacial score (nSPS) is 30.5. The molecule has 0 amide bonds. The predicted octanol–water partition coefficient (Wildman–Crippen LogP) is -0.00930. The minimum Gasteiger partial charge on any atom is -0.378 e. The van der Waals surface area contributed by atoms with E-state index in [0.717, 1.165) is 13.2 Å². The van der Waals surface area contributed by atoms with E-state index in [2.05, 4.69) is 6.21 Å². The van der Waals surface area contributed by atoms with Crippen LogP contribution in [0.4, 0.5) is 0 Å². The van der Waals surface area contributed by atoms with Crippen LogP contribution in [0.2, 0.25) is 0 Å². The van der Waals surface area contributed by atoms with Gasteiger partial charge >= 0.3 is 0 Å². The lowest BCUT2D eigenvalue weighted by Gasteiger charge is -2.08. The van der Waals surface area contributed by atoms with Crippen LogP contribution in [0.1, 0.15) is 0 Å². The molecule has 1 rings (SSSR count). The van der Waals surface area contributed by atoms with Gasteiger partial charge in [0.05, 0.1) is 25.2 Å². The molecule has 0 aromatic rings. The lowest BCUT2D eigenvalue weighted by Crippen LogP contribution is -2.24. The molecule has 2 atom stereocenters. The van der Waals surface area contributed by atoms with Crippen molar-refractivity contribution in [2.75, 3.05) is 34.4 Å². The van der Waals surface area contributed by atoms with Gasteiger partial charge in [-0.25, -0.2) is 4.58 Å². The number of nitrogens with zero attached hydrogens (tertiary/aromatic N) is 1. The Bertz CT molecular complexity index is 152. The highest BCUT2D eigenvalue weighted by atomic mass is 16.5. The zero-order chi connectivity index (χ0) is 8.27. The summed E-state index contributed by atoms with van der Waals surface area (Å²) in [5.74, 6) is 0.426. The first-order chi connectivity index (χ1) is 5.24. The van der Waals surface area contributed by atoms with Crippen LogP contribution in [0.25, 0.3) is 0 Å². The molecule has 0 aromatic carbocycles. The zero-order valence-corrected chi connectivity index (χ0v) is 7.41. The highest BCUT2D eigenvalue weighted by molar-refractivity contribution is 5.56. The average molecular weight is 158 g/mol. The molecule has 1 heterocycles. The SMILES string of the molecule is CO[C@@H]1COCC1C=[N+](C)C. The molecule has 0 aliphatic carbocycles. The van der Waals surface area contributed by atoms with Gasteiger partial charge in [0.2, 0.25) is 0 Å². The Morgan fingerprint density at radius 1 is 1.45 bits per heavy atom. The number of hydrogen-bond donors (Lipinski definition) is 0. The van der Waals surface area contributed by atoms with Gasteiger partial charge in [0.15, 0.2) is 0 Å². The molecule has 1 aliphatic heterocycles. The van der Waals surface area contributed by atoms with E-state index in [4.69, 9.17) is 9.47 Å². The largest absolute Gasteiger partial charge is 0.378 e. The fourth-order valence-electron chi connectivity index (χ4n) is 1.32. The van der Waals surface area contributed by atoms with Crippen LogP contribution in [0.3, 0.4) is 0 Å². The van der Waals surface area contributed by atoms with Gasteiger partial charge in [-0.15, -0.1) is 0 Å². The molecule has 1 fully saturated rings. The van der Waals surface area contributed by atoms with Crippen molar-refractivity contribution < 1.29 is 14.0 Å². The van der Waals surface area contributed by atoms with Gasteiger partial charge in [0, 0.05) is 7.11 Å². The number of methoxy groups -OCH3 is 1. The molecule has 0 radical (unpaired) electrons. The first-order valence-corrected chi connectivity index (χ1v) is 3.86. The summed E-state index contributed by atoms with van der Waals surface area (Å²) in [5, 5.41) is 0. The summed E-state index contributed by atoms with van der Waals surface area (Å²) < 4.78 is 12.6. The maximum atomic E-state index is 5.28. The molecule has 0 bridgehead atoms. The molecule has 3 nitrogen and oxygen atoms in total. The summed E-state index contributed by atoms with van der Waals surface area (Å²) in [6, 6.07) is 0. The summed E-state index contributed by atoms with van der Waals surface area (Å²) in [5.41, 5.74) is 0. The second-order valence-corrected chi connectivity index (χ2v) is 3.09. The van der Waals surface area contributed by atoms with E-state index in [1.807, 2.05) is 18.7 Å². The van der Waals surface area contributed by atoms with Crippen molar-refractivity contribution >= 4 is 6.21 Å². The molecule has 1 unspecified atom stereocenters.